The standard InChI is InChI=1S/C4H11NO.Zn/c1-4(2,3)5-6;/h5-6H,1-3H3;. The molecule has 0 aromatic rings. The van der Waals surface area contributed by atoms with Crippen molar-refractivity contribution in [2.75, 3.05) is 0 Å². The van der Waals surface area contributed by atoms with Crippen LogP contribution in [0.1, 0.15) is 20.8 Å². The van der Waals surface area contributed by atoms with Crippen LogP contribution in [0.25, 0.3) is 0 Å². The summed E-state index contributed by atoms with van der Waals surface area (Å²) in [6.45, 7) is 5.65. The summed E-state index contributed by atoms with van der Waals surface area (Å²) in [6.07, 6.45) is 0. The molecule has 0 saturated carbocycles. The van der Waals surface area contributed by atoms with Crippen LogP contribution in [-0.4, -0.2) is 10.7 Å². The Hall–Kier alpha value is 0.543. The topological polar surface area (TPSA) is 32.3 Å². The molecule has 0 amide bonds. The summed E-state index contributed by atoms with van der Waals surface area (Å²) in [7, 11) is 0. The molecule has 0 atom stereocenters. The molecule has 0 aliphatic heterocycles. The van der Waals surface area contributed by atoms with Gasteiger partial charge >= 0.3 is 0 Å². The van der Waals surface area contributed by atoms with Gasteiger partial charge in [-0.05, 0) is 20.8 Å². The molecule has 0 aliphatic carbocycles. The Morgan fingerprint density at radius 1 is 1.29 bits per heavy atom. The molecule has 2 nitrogen and oxygen atoms in total. The number of hydrogen-bond donors (Lipinski definition) is 2. The number of nitrogens with one attached hydrogen (secondary N) is 1. The normalized spacial score (nSPS) is 10.3. The van der Waals surface area contributed by atoms with E-state index >= 15 is 0 Å². The fraction of sp³-hybridized carbons (Fsp3) is 1.00. The molecule has 0 aromatic carbocycles. The van der Waals surface area contributed by atoms with E-state index in [2.05, 4.69) is 5.48 Å². The van der Waals surface area contributed by atoms with E-state index in [9.17, 15) is 0 Å². The first-order valence-corrected chi connectivity index (χ1v) is 1.97. The second-order valence-corrected chi connectivity index (χ2v) is 2.36. The summed E-state index contributed by atoms with van der Waals surface area (Å²) in [4.78, 5) is 0. The van der Waals surface area contributed by atoms with Gasteiger partial charge in [0.05, 0.1) is 0 Å². The van der Waals surface area contributed by atoms with Gasteiger partial charge in [-0.3, -0.25) is 0 Å². The number of hydrogen-bond acceptors (Lipinski definition) is 2. The van der Waals surface area contributed by atoms with Crippen molar-refractivity contribution in [3.8, 4) is 0 Å². The molecule has 3 heteroatoms. The van der Waals surface area contributed by atoms with Gasteiger partial charge in [0.2, 0.25) is 0 Å². The quantitative estimate of drug-likeness (QED) is 0.399. The van der Waals surface area contributed by atoms with Crippen LogP contribution in [0.2, 0.25) is 0 Å². The first kappa shape index (κ1) is 10.5. The Bertz CT molecular complexity index is 41.4. The van der Waals surface area contributed by atoms with Crippen LogP contribution in [0.4, 0.5) is 0 Å². The number of rotatable bonds is 0. The van der Waals surface area contributed by atoms with Crippen LogP contribution in [-0.2, 0) is 19.5 Å². The van der Waals surface area contributed by atoms with Crippen molar-refractivity contribution in [2.24, 2.45) is 0 Å². The molecular formula is C4H11NOZn. The zero-order valence-corrected chi connectivity index (χ0v) is 8.12. The monoisotopic (exact) mass is 153 g/mol. The van der Waals surface area contributed by atoms with Gasteiger partial charge in [-0.2, -0.15) is 0 Å². The first-order chi connectivity index (χ1) is 2.56. The summed E-state index contributed by atoms with van der Waals surface area (Å²) in [6, 6.07) is 0. The summed E-state index contributed by atoms with van der Waals surface area (Å²) in [5.74, 6) is 0. The van der Waals surface area contributed by atoms with Crippen LogP contribution in [0.3, 0.4) is 0 Å². The van der Waals surface area contributed by atoms with E-state index in [1.54, 1.807) is 0 Å². The van der Waals surface area contributed by atoms with Crippen LogP contribution < -0.4 is 5.48 Å². The van der Waals surface area contributed by atoms with Gasteiger partial charge < -0.3 is 5.21 Å². The third-order valence-electron chi connectivity index (χ3n) is 0.335. The molecule has 0 spiro atoms. The Kier molecular flexibility index (Phi) is 5.31. The van der Waals surface area contributed by atoms with Crippen LogP contribution in [0.5, 0.6) is 0 Å². The minimum atomic E-state index is -0.153. The zero-order valence-electron chi connectivity index (χ0n) is 5.15. The van der Waals surface area contributed by atoms with Crippen molar-refractivity contribution in [3.05, 3.63) is 0 Å². The SMILES string of the molecule is CC(C)(C)NO.[Zn]. The summed E-state index contributed by atoms with van der Waals surface area (Å²) in [5, 5.41) is 8.15. The van der Waals surface area contributed by atoms with Gasteiger partial charge in [-0.25, -0.2) is 5.48 Å². The van der Waals surface area contributed by atoms with Crippen molar-refractivity contribution in [3.63, 3.8) is 0 Å². The summed E-state index contributed by atoms with van der Waals surface area (Å²) in [5.41, 5.74) is 1.95. The smallest absolute Gasteiger partial charge is 0.0345 e. The van der Waals surface area contributed by atoms with E-state index in [1.165, 1.54) is 0 Å². The van der Waals surface area contributed by atoms with Gasteiger partial charge in [0.25, 0.3) is 0 Å². The Morgan fingerprint density at radius 3 is 1.43 bits per heavy atom. The fourth-order valence-electron chi connectivity index (χ4n) is 0. The molecule has 0 unspecified atom stereocenters. The maximum Gasteiger partial charge on any atom is 0.0345 e. The Morgan fingerprint density at radius 2 is 1.43 bits per heavy atom. The Labute approximate surface area is 57.0 Å². The second-order valence-electron chi connectivity index (χ2n) is 2.36. The molecule has 0 rings (SSSR count). The van der Waals surface area contributed by atoms with Crippen LogP contribution >= 0.6 is 0 Å². The van der Waals surface area contributed by atoms with E-state index in [0.717, 1.165) is 0 Å². The van der Waals surface area contributed by atoms with Crippen molar-refractivity contribution >= 4 is 0 Å². The van der Waals surface area contributed by atoms with Gasteiger partial charge in [0.1, 0.15) is 0 Å². The minimum Gasteiger partial charge on any atom is -0.316 e. The molecule has 40 valence electrons. The number of hydroxylamine groups is 1. The first-order valence-electron chi connectivity index (χ1n) is 1.97. The molecule has 0 radical (unpaired) electrons. The van der Waals surface area contributed by atoms with Crippen molar-refractivity contribution in [2.45, 2.75) is 26.3 Å². The van der Waals surface area contributed by atoms with E-state index in [4.69, 9.17) is 5.21 Å². The molecule has 0 aromatic heterocycles. The molecule has 0 saturated heterocycles. The molecular weight excluding hydrogens is 143 g/mol. The summed E-state index contributed by atoms with van der Waals surface area (Å²) >= 11 is 0. The average molecular weight is 155 g/mol. The molecule has 0 aliphatic rings. The molecule has 0 fully saturated rings. The van der Waals surface area contributed by atoms with Crippen molar-refractivity contribution in [1.29, 1.82) is 0 Å². The predicted octanol–water partition coefficient (Wildman–Crippen LogP) is 0.761. The average Bonchev–Trinajstić information content (AvgIpc) is 1.35. The molecule has 2 N–H and O–H groups in total. The molecule has 0 heterocycles. The predicted molar refractivity (Wildman–Crippen MR) is 24.7 cm³/mol. The third-order valence-corrected chi connectivity index (χ3v) is 0.335. The second kappa shape index (κ2) is 3.53. The van der Waals surface area contributed by atoms with E-state index < -0.39 is 0 Å². The van der Waals surface area contributed by atoms with E-state index in [-0.39, 0.29) is 25.0 Å². The van der Waals surface area contributed by atoms with Gasteiger partial charge in [-0.15, -0.1) is 0 Å². The van der Waals surface area contributed by atoms with E-state index in [1.807, 2.05) is 20.8 Å². The zero-order chi connectivity index (χ0) is 5.21. The fourth-order valence-corrected chi connectivity index (χ4v) is 0. The van der Waals surface area contributed by atoms with Gasteiger partial charge in [0.15, 0.2) is 0 Å². The van der Waals surface area contributed by atoms with Crippen LogP contribution in [0.15, 0.2) is 0 Å². The molecule has 0 bridgehead atoms. The van der Waals surface area contributed by atoms with Gasteiger partial charge in [-0.1, -0.05) is 0 Å². The largest absolute Gasteiger partial charge is 0.316 e. The van der Waals surface area contributed by atoms with Crippen molar-refractivity contribution < 1.29 is 24.7 Å². The van der Waals surface area contributed by atoms with E-state index in [0.29, 0.717) is 0 Å². The minimum absolute atomic E-state index is 0. The Balaban J connectivity index is 0. The maximum atomic E-state index is 8.15. The van der Waals surface area contributed by atoms with Crippen molar-refractivity contribution in [1.82, 2.24) is 5.48 Å². The van der Waals surface area contributed by atoms with Crippen LogP contribution in [0, 0.1) is 0 Å². The maximum absolute atomic E-state index is 8.15. The third kappa shape index (κ3) is 10.8. The molecule has 7 heavy (non-hydrogen) atoms. The van der Waals surface area contributed by atoms with Gasteiger partial charge in [0, 0.05) is 25.0 Å². The summed E-state index contributed by atoms with van der Waals surface area (Å²) < 4.78 is 0.